The summed E-state index contributed by atoms with van der Waals surface area (Å²) in [6.45, 7) is -0.336. The lowest BCUT2D eigenvalue weighted by Crippen LogP contribution is -2.23. The Bertz CT molecular complexity index is 1290. The van der Waals surface area contributed by atoms with Crippen LogP contribution in [0, 0.1) is 0 Å². The number of esters is 1. The number of carbonyl (C=O) groups excluding carboxylic acids is 2. The van der Waals surface area contributed by atoms with Crippen LogP contribution in [0.3, 0.4) is 0 Å². The Morgan fingerprint density at radius 2 is 1.60 bits per heavy atom. The number of sulfonamides is 1. The minimum atomic E-state index is -3.73. The average Bonchev–Trinajstić information content (AvgIpc) is 2.86. The molecule has 0 saturated carbocycles. The Morgan fingerprint density at radius 3 is 2.29 bits per heavy atom. The van der Waals surface area contributed by atoms with Crippen LogP contribution in [0.5, 0.6) is 11.5 Å². The van der Waals surface area contributed by atoms with Crippen molar-refractivity contribution in [2.24, 2.45) is 0 Å². The van der Waals surface area contributed by atoms with Gasteiger partial charge in [-0.3, -0.25) is 4.79 Å². The molecule has 1 N–H and O–H groups in total. The molecule has 0 bridgehead atoms. The SMILES string of the molecule is COc1ccc(S(=O)(=O)N(C)C)cc1NC(=O)COC(=O)c1ccccc1OCc1ccccc1. The van der Waals surface area contributed by atoms with Crippen molar-refractivity contribution in [1.82, 2.24) is 4.31 Å². The highest BCUT2D eigenvalue weighted by Gasteiger charge is 2.21. The maximum atomic E-state index is 12.6. The predicted molar refractivity (Wildman–Crippen MR) is 130 cm³/mol. The van der Waals surface area contributed by atoms with E-state index in [1.165, 1.54) is 39.4 Å². The highest BCUT2D eigenvalue weighted by molar-refractivity contribution is 7.89. The lowest BCUT2D eigenvalue weighted by Gasteiger charge is -2.15. The molecule has 0 aliphatic rings. The zero-order valence-electron chi connectivity index (χ0n) is 19.6. The highest BCUT2D eigenvalue weighted by Crippen LogP contribution is 2.28. The van der Waals surface area contributed by atoms with E-state index in [0.29, 0.717) is 5.75 Å². The van der Waals surface area contributed by atoms with Gasteiger partial charge in [-0.2, -0.15) is 0 Å². The van der Waals surface area contributed by atoms with Crippen LogP contribution < -0.4 is 14.8 Å². The van der Waals surface area contributed by atoms with E-state index in [9.17, 15) is 18.0 Å². The second kappa shape index (κ2) is 11.5. The number of rotatable bonds is 10. The first kappa shape index (κ1) is 25.7. The van der Waals surface area contributed by atoms with Crippen molar-refractivity contribution in [3.8, 4) is 11.5 Å². The maximum Gasteiger partial charge on any atom is 0.342 e. The van der Waals surface area contributed by atoms with Gasteiger partial charge in [0.05, 0.1) is 17.7 Å². The van der Waals surface area contributed by atoms with Crippen LogP contribution in [0.4, 0.5) is 5.69 Å². The van der Waals surface area contributed by atoms with Gasteiger partial charge in [0.15, 0.2) is 6.61 Å². The van der Waals surface area contributed by atoms with E-state index in [4.69, 9.17) is 14.2 Å². The minimum Gasteiger partial charge on any atom is -0.495 e. The third-order valence-electron chi connectivity index (χ3n) is 4.90. The summed E-state index contributed by atoms with van der Waals surface area (Å²) in [7, 11) is 0.464. The smallest absolute Gasteiger partial charge is 0.342 e. The van der Waals surface area contributed by atoms with Crippen molar-refractivity contribution in [1.29, 1.82) is 0 Å². The molecule has 0 heterocycles. The molecule has 3 rings (SSSR count). The van der Waals surface area contributed by atoms with Crippen LogP contribution in [-0.4, -0.2) is 52.4 Å². The summed E-state index contributed by atoms with van der Waals surface area (Å²) in [6, 6.07) is 20.1. The highest BCUT2D eigenvalue weighted by atomic mass is 32.2. The lowest BCUT2D eigenvalue weighted by molar-refractivity contribution is -0.119. The standard InChI is InChI=1S/C25H26N2O7S/c1-27(2)35(30,31)19-13-14-23(32-3)21(15-19)26-24(28)17-34-25(29)20-11-7-8-12-22(20)33-16-18-9-5-4-6-10-18/h4-15H,16-17H2,1-3H3,(H,26,28). The Kier molecular flexibility index (Phi) is 8.45. The van der Waals surface area contributed by atoms with E-state index in [2.05, 4.69) is 5.32 Å². The molecule has 0 aromatic heterocycles. The molecule has 0 radical (unpaired) electrons. The Hall–Kier alpha value is -3.89. The maximum absolute atomic E-state index is 12.6. The number of nitrogens with zero attached hydrogens (tertiary/aromatic N) is 1. The number of para-hydroxylation sites is 1. The summed E-state index contributed by atoms with van der Waals surface area (Å²) in [5.74, 6) is -0.828. The summed E-state index contributed by atoms with van der Waals surface area (Å²) < 4.78 is 42.0. The molecule has 0 aliphatic carbocycles. The van der Waals surface area contributed by atoms with E-state index in [0.717, 1.165) is 9.87 Å². The average molecular weight is 499 g/mol. The van der Waals surface area contributed by atoms with E-state index in [1.807, 2.05) is 30.3 Å². The van der Waals surface area contributed by atoms with Crippen LogP contribution in [0.2, 0.25) is 0 Å². The fraction of sp³-hybridized carbons (Fsp3) is 0.200. The van der Waals surface area contributed by atoms with E-state index < -0.39 is 28.5 Å². The topological polar surface area (TPSA) is 111 Å². The number of ether oxygens (including phenoxy) is 3. The zero-order valence-corrected chi connectivity index (χ0v) is 20.4. The summed E-state index contributed by atoms with van der Waals surface area (Å²) in [5.41, 5.74) is 1.23. The van der Waals surface area contributed by atoms with Gasteiger partial charge in [0.25, 0.3) is 5.91 Å². The zero-order chi connectivity index (χ0) is 25.4. The molecule has 10 heteroatoms. The van der Waals surface area contributed by atoms with Crippen molar-refractivity contribution < 1.29 is 32.2 Å². The minimum absolute atomic E-state index is 0.0277. The van der Waals surface area contributed by atoms with Crippen LogP contribution in [-0.2, 0) is 26.2 Å². The van der Waals surface area contributed by atoms with Crippen LogP contribution in [0.25, 0.3) is 0 Å². The van der Waals surface area contributed by atoms with Gasteiger partial charge in [-0.25, -0.2) is 17.5 Å². The van der Waals surface area contributed by atoms with Gasteiger partial charge in [-0.15, -0.1) is 0 Å². The second-order valence-corrected chi connectivity index (χ2v) is 9.70. The molecular weight excluding hydrogens is 472 g/mol. The third kappa shape index (κ3) is 6.58. The van der Waals surface area contributed by atoms with Crippen molar-refractivity contribution in [2.75, 3.05) is 33.1 Å². The number of hydrogen-bond acceptors (Lipinski definition) is 7. The number of nitrogens with one attached hydrogen (secondary N) is 1. The van der Waals surface area contributed by atoms with E-state index in [-0.39, 0.29) is 28.5 Å². The molecular formula is C25H26N2O7S. The molecule has 0 aliphatic heterocycles. The summed E-state index contributed by atoms with van der Waals surface area (Å²) >= 11 is 0. The molecule has 0 saturated heterocycles. The molecule has 9 nitrogen and oxygen atoms in total. The lowest BCUT2D eigenvalue weighted by atomic mass is 10.2. The van der Waals surface area contributed by atoms with Crippen molar-refractivity contribution in [2.45, 2.75) is 11.5 Å². The summed E-state index contributed by atoms with van der Waals surface area (Å²) in [4.78, 5) is 25.1. The van der Waals surface area contributed by atoms with Gasteiger partial charge in [-0.05, 0) is 35.9 Å². The number of methoxy groups -OCH3 is 1. The molecule has 0 unspecified atom stereocenters. The molecule has 3 aromatic rings. The first-order valence-corrected chi connectivity index (χ1v) is 12.0. The fourth-order valence-corrected chi connectivity index (χ4v) is 3.98. The van der Waals surface area contributed by atoms with Gasteiger partial charge in [0.1, 0.15) is 23.7 Å². The molecule has 0 spiro atoms. The van der Waals surface area contributed by atoms with Gasteiger partial charge >= 0.3 is 5.97 Å². The van der Waals surface area contributed by atoms with Crippen molar-refractivity contribution >= 4 is 27.6 Å². The van der Waals surface area contributed by atoms with Gasteiger partial charge in [0, 0.05) is 14.1 Å². The second-order valence-electron chi connectivity index (χ2n) is 7.54. The fourth-order valence-electron chi connectivity index (χ4n) is 3.05. The molecule has 0 fully saturated rings. The van der Waals surface area contributed by atoms with Crippen molar-refractivity contribution in [3.05, 3.63) is 83.9 Å². The molecule has 35 heavy (non-hydrogen) atoms. The summed E-state index contributed by atoms with van der Waals surface area (Å²) in [5, 5.41) is 2.53. The largest absolute Gasteiger partial charge is 0.495 e. The Labute approximate surface area is 204 Å². The predicted octanol–water partition coefficient (Wildman–Crippen LogP) is 3.32. The number of hydrogen-bond donors (Lipinski definition) is 1. The molecule has 184 valence electrons. The molecule has 1 amide bonds. The van der Waals surface area contributed by atoms with Gasteiger partial charge < -0.3 is 19.5 Å². The Morgan fingerprint density at radius 1 is 0.914 bits per heavy atom. The van der Waals surface area contributed by atoms with Crippen LogP contribution in [0.1, 0.15) is 15.9 Å². The van der Waals surface area contributed by atoms with Gasteiger partial charge in [-0.1, -0.05) is 42.5 Å². The van der Waals surface area contributed by atoms with Gasteiger partial charge in [0.2, 0.25) is 10.0 Å². The molecule has 0 atom stereocenters. The number of amides is 1. The third-order valence-corrected chi connectivity index (χ3v) is 6.71. The first-order chi connectivity index (χ1) is 16.7. The molecule has 3 aromatic carbocycles. The monoisotopic (exact) mass is 498 g/mol. The first-order valence-electron chi connectivity index (χ1n) is 10.6. The van der Waals surface area contributed by atoms with E-state index >= 15 is 0 Å². The number of benzene rings is 3. The van der Waals surface area contributed by atoms with E-state index in [1.54, 1.807) is 24.3 Å². The van der Waals surface area contributed by atoms with Crippen LogP contribution in [0.15, 0.2) is 77.7 Å². The number of carbonyl (C=O) groups is 2. The number of anilines is 1. The summed E-state index contributed by atoms with van der Waals surface area (Å²) in [6.07, 6.45) is 0. The quantitative estimate of drug-likeness (QED) is 0.427. The Balaban J connectivity index is 1.66. The van der Waals surface area contributed by atoms with Crippen molar-refractivity contribution in [3.63, 3.8) is 0 Å². The van der Waals surface area contributed by atoms with Crippen LogP contribution >= 0.6 is 0 Å². The normalized spacial score (nSPS) is 11.1.